The molecule has 0 aromatic heterocycles. The van der Waals surface area contributed by atoms with Gasteiger partial charge in [0.15, 0.2) is 0 Å². The summed E-state index contributed by atoms with van der Waals surface area (Å²) in [4.78, 5) is 2.11. The maximum absolute atomic E-state index is 13.8. The molecule has 0 bridgehead atoms. The summed E-state index contributed by atoms with van der Waals surface area (Å²) in [5.74, 6) is -0.209. The van der Waals surface area contributed by atoms with E-state index in [1.807, 2.05) is 21.0 Å². The molecular formula is C16H26F2N2. The molecule has 1 rings (SSSR count). The van der Waals surface area contributed by atoms with E-state index in [4.69, 9.17) is 0 Å². The van der Waals surface area contributed by atoms with Crippen LogP contribution in [0.2, 0.25) is 0 Å². The minimum atomic E-state index is -0.400. The lowest BCUT2D eigenvalue weighted by molar-refractivity contribution is 0.289. The molecule has 2 atom stereocenters. The highest BCUT2D eigenvalue weighted by Gasteiger charge is 2.18. The van der Waals surface area contributed by atoms with Gasteiger partial charge in [0.25, 0.3) is 0 Å². The molecule has 0 radical (unpaired) electrons. The van der Waals surface area contributed by atoms with Gasteiger partial charge in [0.1, 0.15) is 11.6 Å². The van der Waals surface area contributed by atoms with Crippen molar-refractivity contribution in [1.82, 2.24) is 10.2 Å². The van der Waals surface area contributed by atoms with Crippen molar-refractivity contribution in [3.63, 3.8) is 0 Å². The minimum absolute atomic E-state index is 0.214. The molecule has 0 aliphatic carbocycles. The average molecular weight is 284 g/mol. The Labute approximate surface area is 121 Å². The van der Waals surface area contributed by atoms with Crippen molar-refractivity contribution in [2.24, 2.45) is 5.92 Å². The van der Waals surface area contributed by atoms with E-state index < -0.39 is 5.82 Å². The molecule has 114 valence electrons. The summed E-state index contributed by atoms with van der Waals surface area (Å²) in [7, 11) is 4.03. The predicted molar refractivity (Wildman–Crippen MR) is 79.7 cm³/mol. The van der Waals surface area contributed by atoms with Crippen LogP contribution in [-0.2, 0) is 0 Å². The summed E-state index contributed by atoms with van der Waals surface area (Å²) in [6.45, 7) is 7.08. The molecule has 0 spiro atoms. The van der Waals surface area contributed by atoms with Crippen LogP contribution in [0.5, 0.6) is 0 Å². The van der Waals surface area contributed by atoms with Crippen molar-refractivity contribution in [2.75, 3.05) is 20.6 Å². The Morgan fingerprint density at radius 2 is 1.80 bits per heavy atom. The van der Waals surface area contributed by atoms with Crippen molar-refractivity contribution in [2.45, 2.75) is 39.3 Å². The molecule has 0 saturated carbocycles. The van der Waals surface area contributed by atoms with Crippen LogP contribution < -0.4 is 5.32 Å². The average Bonchev–Trinajstić information content (AvgIpc) is 2.30. The van der Waals surface area contributed by atoms with Crippen LogP contribution in [0.15, 0.2) is 18.2 Å². The fourth-order valence-electron chi connectivity index (χ4n) is 2.49. The van der Waals surface area contributed by atoms with Crippen molar-refractivity contribution >= 4 is 0 Å². The molecule has 0 saturated heterocycles. The molecule has 0 amide bonds. The van der Waals surface area contributed by atoms with Gasteiger partial charge in [0.2, 0.25) is 0 Å². The second-order valence-corrected chi connectivity index (χ2v) is 6.14. The summed E-state index contributed by atoms with van der Waals surface area (Å²) >= 11 is 0. The third kappa shape index (κ3) is 5.55. The Kier molecular flexibility index (Phi) is 6.56. The highest BCUT2D eigenvalue weighted by atomic mass is 19.1. The van der Waals surface area contributed by atoms with Crippen LogP contribution in [-0.4, -0.2) is 31.6 Å². The van der Waals surface area contributed by atoms with Crippen LogP contribution in [0.4, 0.5) is 8.78 Å². The van der Waals surface area contributed by atoms with E-state index in [1.165, 1.54) is 12.1 Å². The van der Waals surface area contributed by atoms with Crippen molar-refractivity contribution in [1.29, 1.82) is 0 Å². The lowest BCUT2D eigenvalue weighted by Gasteiger charge is -2.27. The molecule has 1 aromatic carbocycles. The lowest BCUT2D eigenvalue weighted by atomic mass is 10.0. The van der Waals surface area contributed by atoms with E-state index in [0.29, 0.717) is 11.5 Å². The van der Waals surface area contributed by atoms with Gasteiger partial charge in [0, 0.05) is 24.2 Å². The summed E-state index contributed by atoms with van der Waals surface area (Å²) < 4.78 is 27.0. The normalized spacial score (nSPS) is 14.8. The second-order valence-electron chi connectivity index (χ2n) is 6.14. The molecule has 0 aliphatic heterocycles. The first-order valence-corrected chi connectivity index (χ1v) is 7.15. The number of rotatable bonds is 7. The van der Waals surface area contributed by atoms with E-state index in [2.05, 4.69) is 24.1 Å². The third-order valence-electron chi connectivity index (χ3n) is 3.25. The Balaban J connectivity index is 2.78. The topological polar surface area (TPSA) is 15.3 Å². The molecule has 0 fully saturated rings. The van der Waals surface area contributed by atoms with Gasteiger partial charge in [-0.3, -0.25) is 0 Å². The largest absolute Gasteiger partial charge is 0.308 e. The van der Waals surface area contributed by atoms with E-state index in [9.17, 15) is 8.78 Å². The van der Waals surface area contributed by atoms with E-state index >= 15 is 0 Å². The summed E-state index contributed by atoms with van der Waals surface area (Å²) in [6, 6.07) is 3.65. The number of hydrogen-bond acceptors (Lipinski definition) is 2. The van der Waals surface area contributed by atoms with E-state index in [1.54, 1.807) is 0 Å². The zero-order valence-corrected chi connectivity index (χ0v) is 13.1. The number of nitrogens with one attached hydrogen (secondary N) is 1. The van der Waals surface area contributed by atoms with Crippen LogP contribution >= 0.6 is 0 Å². The standard InChI is InChI=1S/C16H26F2N2/c1-11(2)8-14(10-20(4)5)19-12(3)15-9-13(17)6-7-16(15)18/h6-7,9,11-12,14,19H,8,10H2,1-5H3. The van der Waals surface area contributed by atoms with Gasteiger partial charge in [-0.25, -0.2) is 8.78 Å². The number of halogens is 2. The smallest absolute Gasteiger partial charge is 0.128 e. The highest BCUT2D eigenvalue weighted by Crippen LogP contribution is 2.20. The SMILES string of the molecule is CC(C)CC(CN(C)C)NC(C)c1cc(F)ccc1F. The number of nitrogens with zero attached hydrogens (tertiary/aromatic N) is 1. The van der Waals surface area contributed by atoms with Crippen molar-refractivity contribution in [3.05, 3.63) is 35.4 Å². The molecule has 1 N–H and O–H groups in total. The fourth-order valence-corrected chi connectivity index (χ4v) is 2.49. The first kappa shape index (κ1) is 17.1. The lowest BCUT2D eigenvalue weighted by Crippen LogP contribution is -2.40. The molecule has 1 aromatic rings. The molecule has 2 nitrogen and oxygen atoms in total. The van der Waals surface area contributed by atoms with E-state index in [0.717, 1.165) is 19.0 Å². The zero-order chi connectivity index (χ0) is 15.3. The zero-order valence-electron chi connectivity index (χ0n) is 13.1. The number of benzene rings is 1. The molecule has 20 heavy (non-hydrogen) atoms. The van der Waals surface area contributed by atoms with Gasteiger partial charge < -0.3 is 10.2 Å². The van der Waals surface area contributed by atoms with Gasteiger partial charge in [0.05, 0.1) is 0 Å². The third-order valence-corrected chi connectivity index (χ3v) is 3.25. The predicted octanol–water partition coefficient (Wildman–Crippen LogP) is 3.59. The number of hydrogen-bond donors (Lipinski definition) is 1. The maximum atomic E-state index is 13.8. The Morgan fingerprint density at radius 1 is 1.15 bits per heavy atom. The van der Waals surface area contributed by atoms with Crippen molar-refractivity contribution in [3.8, 4) is 0 Å². The van der Waals surface area contributed by atoms with Gasteiger partial charge in [-0.1, -0.05) is 13.8 Å². The summed E-state index contributed by atoms with van der Waals surface area (Å²) in [5, 5.41) is 3.42. The molecule has 4 heteroatoms. The Morgan fingerprint density at radius 3 is 2.35 bits per heavy atom. The van der Waals surface area contributed by atoms with Crippen LogP contribution in [0, 0.1) is 17.6 Å². The molecule has 0 heterocycles. The summed E-state index contributed by atoms with van der Waals surface area (Å²) in [5.41, 5.74) is 0.387. The van der Waals surface area contributed by atoms with Gasteiger partial charge >= 0.3 is 0 Å². The van der Waals surface area contributed by atoms with Crippen LogP contribution in [0.1, 0.15) is 38.8 Å². The molecule has 2 unspecified atom stereocenters. The molecular weight excluding hydrogens is 258 g/mol. The Bertz CT molecular complexity index is 409. The maximum Gasteiger partial charge on any atom is 0.128 e. The Hall–Kier alpha value is -1.00. The van der Waals surface area contributed by atoms with Gasteiger partial charge in [-0.2, -0.15) is 0 Å². The molecule has 0 aliphatic rings. The first-order valence-electron chi connectivity index (χ1n) is 7.15. The van der Waals surface area contributed by atoms with Crippen LogP contribution in [0.3, 0.4) is 0 Å². The first-order chi connectivity index (χ1) is 9.29. The van der Waals surface area contributed by atoms with Crippen LogP contribution in [0.25, 0.3) is 0 Å². The van der Waals surface area contributed by atoms with E-state index in [-0.39, 0.29) is 17.9 Å². The number of likely N-dealkylation sites (N-methyl/N-ethyl adjacent to an activating group) is 1. The van der Waals surface area contributed by atoms with Gasteiger partial charge in [-0.05, 0) is 51.6 Å². The monoisotopic (exact) mass is 284 g/mol. The van der Waals surface area contributed by atoms with Crippen molar-refractivity contribution < 1.29 is 8.78 Å². The minimum Gasteiger partial charge on any atom is -0.308 e. The quantitative estimate of drug-likeness (QED) is 0.823. The fraction of sp³-hybridized carbons (Fsp3) is 0.625. The summed E-state index contributed by atoms with van der Waals surface area (Å²) in [6.07, 6.45) is 0.999. The highest BCUT2D eigenvalue weighted by molar-refractivity contribution is 5.22. The second kappa shape index (κ2) is 7.70. The van der Waals surface area contributed by atoms with Gasteiger partial charge in [-0.15, -0.1) is 0 Å².